The lowest BCUT2D eigenvalue weighted by molar-refractivity contribution is 0.429. The maximum absolute atomic E-state index is 13.5. The topological polar surface area (TPSA) is 20.2 Å². The average Bonchev–Trinajstić information content (AvgIpc) is 2.34. The third-order valence-electron chi connectivity index (χ3n) is 2.54. The maximum atomic E-state index is 13.5. The van der Waals surface area contributed by atoms with Crippen LogP contribution in [-0.2, 0) is 0 Å². The average molecular weight is 268 g/mol. The molecule has 0 radical (unpaired) electrons. The van der Waals surface area contributed by atoms with Crippen molar-refractivity contribution in [1.29, 1.82) is 0 Å². The fraction of sp³-hybridized carbons (Fsp3) is 0.200. The van der Waals surface area contributed by atoms with Crippen molar-refractivity contribution < 1.29 is 18.3 Å². The molecule has 0 unspecified atom stereocenters. The summed E-state index contributed by atoms with van der Waals surface area (Å²) in [5.74, 6) is -0.684. The molecule has 1 N–H and O–H groups in total. The number of halogens is 3. The van der Waals surface area contributed by atoms with Gasteiger partial charge in [0.1, 0.15) is 11.6 Å². The highest BCUT2D eigenvalue weighted by atomic mass is 19.3. The lowest BCUT2D eigenvalue weighted by Gasteiger charge is -2.08. The molecular formula is C15H15F3O. The van der Waals surface area contributed by atoms with Gasteiger partial charge in [-0.25, -0.2) is 4.39 Å². The molecule has 0 heterocycles. The van der Waals surface area contributed by atoms with E-state index >= 15 is 0 Å². The SMILES string of the molecule is CC.Cc1cc(O)cc2ccc(F)c(C=C(F)F)c12. The van der Waals surface area contributed by atoms with Gasteiger partial charge in [0.25, 0.3) is 6.08 Å². The third kappa shape index (κ3) is 3.28. The molecule has 0 aliphatic carbocycles. The fourth-order valence-electron chi connectivity index (χ4n) is 1.92. The molecule has 0 spiro atoms. The van der Waals surface area contributed by atoms with E-state index in [1.54, 1.807) is 6.92 Å². The van der Waals surface area contributed by atoms with Gasteiger partial charge in [-0.2, -0.15) is 8.78 Å². The zero-order valence-corrected chi connectivity index (χ0v) is 11.0. The Hall–Kier alpha value is -1.97. The van der Waals surface area contributed by atoms with Crippen LogP contribution in [0.15, 0.2) is 30.3 Å². The zero-order chi connectivity index (χ0) is 14.6. The zero-order valence-electron chi connectivity index (χ0n) is 11.0. The summed E-state index contributed by atoms with van der Waals surface area (Å²) in [4.78, 5) is 0. The maximum Gasteiger partial charge on any atom is 0.271 e. The number of aromatic hydroxyl groups is 1. The molecule has 1 nitrogen and oxygen atoms in total. The molecule has 19 heavy (non-hydrogen) atoms. The van der Waals surface area contributed by atoms with E-state index in [1.165, 1.54) is 18.2 Å². The Kier molecular flexibility index (Phi) is 4.98. The van der Waals surface area contributed by atoms with Gasteiger partial charge in [-0.3, -0.25) is 0 Å². The second-order valence-corrected chi connectivity index (χ2v) is 3.76. The van der Waals surface area contributed by atoms with Crippen LogP contribution in [0, 0.1) is 12.7 Å². The summed E-state index contributed by atoms with van der Waals surface area (Å²) in [5, 5.41) is 10.3. The fourth-order valence-corrected chi connectivity index (χ4v) is 1.92. The number of rotatable bonds is 1. The van der Waals surface area contributed by atoms with E-state index in [2.05, 4.69) is 0 Å². The van der Waals surface area contributed by atoms with Gasteiger partial charge in [0.2, 0.25) is 0 Å². The predicted octanol–water partition coefficient (Wildman–Crippen LogP) is 5.26. The number of phenols is 1. The van der Waals surface area contributed by atoms with Crippen LogP contribution >= 0.6 is 0 Å². The first-order valence-electron chi connectivity index (χ1n) is 5.93. The summed E-state index contributed by atoms with van der Waals surface area (Å²) >= 11 is 0. The minimum absolute atomic E-state index is 0.0252. The standard InChI is InChI=1S/C13H9F3O.C2H6/c1-7-4-9(17)5-8-2-3-11(14)10(13(7)8)6-12(15)16;1-2/h2-6,17H,1H3;1-2H3. The highest BCUT2D eigenvalue weighted by Gasteiger charge is 2.10. The Morgan fingerprint density at radius 2 is 1.79 bits per heavy atom. The van der Waals surface area contributed by atoms with Crippen LogP contribution in [0.4, 0.5) is 13.2 Å². The normalized spacial score (nSPS) is 9.79. The first-order valence-corrected chi connectivity index (χ1v) is 5.93. The number of aryl methyl sites for hydroxylation is 1. The van der Waals surface area contributed by atoms with Crippen LogP contribution in [0.2, 0.25) is 0 Å². The quantitative estimate of drug-likeness (QED) is 0.748. The van der Waals surface area contributed by atoms with Crippen molar-refractivity contribution in [2.24, 2.45) is 0 Å². The van der Waals surface area contributed by atoms with Gasteiger partial charge in [-0.1, -0.05) is 19.9 Å². The smallest absolute Gasteiger partial charge is 0.271 e. The molecule has 2 rings (SSSR count). The van der Waals surface area contributed by atoms with Gasteiger partial charge in [-0.15, -0.1) is 0 Å². The second kappa shape index (κ2) is 6.27. The van der Waals surface area contributed by atoms with Crippen LogP contribution in [0.25, 0.3) is 16.8 Å². The summed E-state index contributed by atoms with van der Waals surface area (Å²) in [5.41, 5.74) is 0.395. The van der Waals surface area contributed by atoms with Crippen molar-refractivity contribution in [3.8, 4) is 5.75 Å². The largest absolute Gasteiger partial charge is 0.508 e. The Balaban J connectivity index is 0.000000861. The van der Waals surface area contributed by atoms with Gasteiger partial charge in [0.15, 0.2) is 0 Å². The summed E-state index contributed by atoms with van der Waals surface area (Å²) in [7, 11) is 0. The Labute approximate surface area is 110 Å². The van der Waals surface area contributed by atoms with E-state index in [9.17, 15) is 18.3 Å². The molecule has 0 aliphatic heterocycles. The van der Waals surface area contributed by atoms with Crippen molar-refractivity contribution in [3.63, 3.8) is 0 Å². The van der Waals surface area contributed by atoms with Gasteiger partial charge >= 0.3 is 0 Å². The van der Waals surface area contributed by atoms with Crippen molar-refractivity contribution in [3.05, 3.63) is 47.3 Å². The lowest BCUT2D eigenvalue weighted by atomic mass is 9.99. The molecule has 0 saturated heterocycles. The lowest BCUT2D eigenvalue weighted by Crippen LogP contribution is -1.89. The molecule has 2 aromatic carbocycles. The summed E-state index contributed by atoms with van der Waals surface area (Å²) in [6.07, 6.45) is -1.45. The number of hydrogen-bond donors (Lipinski definition) is 1. The van der Waals surface area contributed by atoms with Crippen LogP contribution < -0.4 is 0 Å². The van der Waals surface area contributed by atoms with Crippen molar-refractivity contribution in [2.75, 3.05) is 0 Å². The molecule has 4 heteroatoms. The summed E-state index contributed by atoms with van der Waals surface area (Å²) < 4.78 is 38.1. The van der Waals surface area contributed by atoms with Crippen LogP contribution in [-0.4, -0.2) is 5.11 Å². The Morgan fingerprint density at radius 1 is 1.16 bits per heavy atom. The summed E-state index contributed by atoms with van der Waals surface area (Å²) in [6, 6.07) is 5.38. The van der Waals surface area contributed by atoms with E-state index in [0.717, 1.165) is 6.07 Å². The Morgan fingerprint density at radius 3 is 2.37 bits per heavy atom. The van der Waals surface area contributed by atoms with E-state index in [4.69, 9.17) is 0 Å². The van der Waals surface area contributed by atoms with Crippen molar-refractivity contribution in [2.45, 2.75) is 20.8 Å². The van der Waals surface area contributed by atoms with Crippen molar-refractivity contribution >= 4 is 16.8 Å². The molecule has 102 valence electrons. The van der Waals surface area contributed by atoms with Crippen LogP contribution in [0.3, 0.4) is 0 Å². The molecule has 0 amide bonds. The monoisotopic (exact) mass is 268 g/mol. The molecule has 0 aliphatic rings. The number of fused-ring (bicyclic) bond motifs is 1. The third-order valence-corrected chi connectivity index (χ3v) is 2.54. The molecule has 0 bridgehead atoms. The highest BCUT2D eigenvalue weighted by molar-refractivity contribution is 5.94. The first-order chi connectivity index (χ1) is 8.99. The van der Waals surface area contributed by atoms with Gasteiger partial charge < -0.3 is 5.11 Å². The number of benzene rings is 2. The summed E-state index contributed by atoms with van der Waals surface area (Å²) in [6.45, 7) is 5.63. The van der Waals surface area contributed by atoms with Gasteiger partial charge in [-0.05, 0) is 41.5 Å². The molecule has 0 fully saturated rings. The van der Waals surface area contributed by atoms with Gasteiger partial charge in [0.05, 0.1) is 0 Å². The van der Waals surface area contributed by atoms with E-state index in [-0.39, 0.29) is 11.3 Å². The van der Waals surface area contributed by atoms with Crippen LogP contribution in [0.1, 0.15) is 25.0 Å². The number of phenolic OH excluding ortho intramolecular Hbond substituents is 1. The minimum Gasteiger partial charge on any atom is -0.508 e. The van der Waals surface area contributed by atoms with Gasteiger partial charge in [0, 0.05) is 11.6 Å². The minimum atomic E-state index is -1.95. The van der Waals surface area contributed by atoms with Crippen LogP contribution in [0.5, 0.6) is 5.75 Å². The second-order valence-electron chi connectivity index (χ2n) is 3.76. The Bertz CT molecular complexity index is 614. The van der Waals surface area contributed by atoms with Crippen molar-refractivity contribution in [1.82, 2.24) is 0 Å². The molecular weight excluding hydrogens is 253 g/mol. The van der Waals surface area contributed by atoms with E-state index in [0.29, 0.717) is 22.4 Å². The predicted molar refractivity (Wildman–Crippen MR) is 71.8 cm³/mol. The molecule has 0 atom stereocenters. The van der Waals surface area contributed by atoms with E-state index in [1.807, 2.05) is 13.8 Å². The number of hydrogen-bond acceptors (Lipinski definition) is 1. The molecule has 0 saturated carbocycles. The van der Waals surface area contributed by atoms with E-state index < -0.39 is 11.9 Å². The highest BCUT2D eigenvalue weighted by Crippen LogP contribution is 2.30. The molecule has 0 aromatic heterocycles. The first kappa shape index (κ1) is 15.1. The molecule has 2 aromatic rings.